The van der Waals surface area contributed by atoms with Crippen molar-refractivity contribution < 1.29 is 9.84 Å². The highest BCUT2D eigenvalue weighted by Gasteiger charge is 2.07. The fraction of sp³-hybridized carbons (Fsp3) is 0.111. The molecule has 0 radical (unpaired) electrons. The summed E-state index contributed by atoms with van der Waals surface area (Å²) in [5, 5.41) is 11.9. The average molecular weight is 343 g/mol. The van der Waals surface area contributed by atoms with Crippen LogP contribution in [-0.2, 0) is 0 Å². The van der Waals surface area contributed by atoms with E-state index in [0.29, 0.717) is 0 Å². The zero-order valence-electron chi connectivity index (χ0n) is 11.6. The minimum absolute atomic E-state index is 0.490. The Bertz CT molecular complexity index is 781. The van der Waals surface area contributed by atoms with Gasteiger partial charge in [0.05, 0.1) is 10.6 Å². The average Bonchev–Trinajstić information content (AvgIpc) is 2.49. The lowest BCUT2D eigenvalue weighted by Crippen LogP contribution is -1.92. The van der Waals surface area contributed by atoms with Gasteiger partial charge in [-0.15, -0.1) is 0 Å². The van der Waals surface area contributed by atoms with E-state index in [4.69, 9.17) is 4.74 Å². The number of benzene rings is 3. The van der Waals surface area contributed by atoms with Crippen LogP contribution in [0.2, 0.25) is 0 Å². The van der Waals surface area contributed by atoms with Crippen molar-refractivity contribution in [3.63, 3.8) is 0 Å². The van der Waals surface area contributed by atoms with Gasteiger partial charge in [-0.1, -0.05) is 36.4 Å². The van der Waals surface area contributed by atoms with Gasteiger partial charge in [-0.2, -0.15) is 0 Å². The van der Waals surface area contributed by atoms with Gasteiger partial charge in [0.15, 0.2) is 0 Å². The molecule has 0 saturated carbocycles. The Morgan fingerprint density at radius 1 is 0.952 bits per heavy atom. The van der Waals surface area contributed by atoms with Crippen molar-refractivity contribution >= 4 is 26.7 Å². The van der Waals surface area contributed by atoms with Crippen molar-refractivity contribution in [2.45, 2.75) is 13.0 Å². The maximum absolute atomic E-state index is 9.59. The van der Waals surface area contributed by atoms with Crippen molar-refractivity contribution in [3.05, 3.63) is 70.7 Å². The Labute approximate surface area is 132 Å². The zero-order chi connectivity index (χ0) is 14.8. The number of halogens is 1. The standard InChI is InChI=1S/C18H15BrO2/c1-12(20)14-7-9-18(17(19)11-14)21-16-8-6-13-4-2-3-5-15(13)10-16/h2-12,20H,1H3. The fourth-order valence-electron chi connectivity index (χ4n) is 2.22. The molecule has 3 rings (SSSR count). The number of hydrogen-bond donors (Lipinski definition) is 1. The summed E-state index contributed by atoms with van der Waals surface area (Å²) in [5.41, 5.74) is 0.854. The predicted molar refractivity (Wildman–Crippen MR) is 88.8 cm³/mol. The Morgan fingerprint density at radius 3 is 2.43 bits per heavy atom. The first kappa shape index (κ1) is 14.1. The van der Waals surface area contributed by atoms with Crippen LogP contribution in [0.25, 0.3) is 10.8 Å². The number of ether oxygens (including phenoxy) is 1. The third kappa shape index (κ3) is 3.09. The van der Waals surface area contributed by atoms with Crippen molar-refractivity contribution in [2.24, 2.45) is 0 Å². The van der Waals surface area contributed by atoms with Crippen molar-refractivity contribution in [1.82, 2.24) is 0 Å². The highest BCUT2D eigenvalue weighted by Crippen LogP contribution is 2.33. The van der Waals surface area contributed by atoms with Crippen LogP contribution in [0.3, 0.4) is 0 Å². The summed E-state index contributed by atoms with van der Waals surface area (Å²) in [6.45, 7) is 1.74. The molecule has 1 unspecified atom stereocenters. The molecule has 21 heavy (non-hydrogen) atoms. The van der Waals surface area contributed by atoms with E-state index in [1.165, 1.54) is 5.39 Å². The number of aliphatic hydroxyl groups excluding tert-OH is 1. The Kier molecular flexibility index (Phi) is 3.95. The van der Waals surface area contributed by atoms with Crippen LogP contribution in [0.1, 0.15) is 18.6 Å². The van der Waals surface area contributed by atoms with Gasteiger partial charge in [-0.05, 0) is 63.5 Å². The first-order valence-corrected chi connectivity index (χ1v) is 7.57. The van der Waals surface area contributed by atoms with Gasteiger partial charge in [0, 0.05) is 0 Å². The smallest absolute Gasteiger partial charge is 0.141 e. The van der Waals surface area contributed by atoms with Gasteiger partial charge < -0.3 is 9.84 Å². The van der Waals surface area contributed by atoms with E-state index >= 15 is 0 Å². The highest BCUT2D eigenvalue weighted by atomic mass is 79.9. The maximum Gasteiger partial charge on any atom is 0.141 e. The number of hydrogen-bond acceptors (Lipinski definition) is 2. The molecule has 0 aliphatic heterocycles. The molecule has 0 amide bonds. The molecule has 0 saturated heterocycles. The third-order valence-corrected chi connectivity index (χ3v) is 4.01. The molecule has 0 heterocycles. The molecule has 0 aliphatic carbocycles. The highest BCUT2D eigenvalue weighted by molar-refractivity contribution is 9.10. The summed E-state index contributed by atoms with van der Waals surface area (Å²) in [5.74, 6) is 1.52. The molecule has 0 aromatic heterocycles. The molecular weight excluding hydrogens is 328 g/mol. The fourth-order valence-corrected chi connectivity index (χ4v) is 2.70. The molecule has 0 aliphatic rings. The maximum atomic E-state index is 9.59. The Morgan fingerprint density at radius 2 is 1.71 bits per heavy atom. The molecule has 3 heteroatoms. The van der Waals surface area contributed by atoms with Crippen LogP contribution < -0.4 is 4.74 Å². The van der Waals surface area contributed by atoms with E-state index < -0.39 is 6.10 Å². The van der Waals surface area contributed by atoms with E-state index in [9.17, 15) is 5.11 Å². The minimum atomic E-state index is -0.490. The van der Waals surface area contributed by atoms with Crippen LogP contribution in [0.4, 0.5) is 0 Å². The monoisotopic (exact) mass is 342 g/mol. The second kappa shape index (κ2) is 5.88. The first-order valence-electron chi connectivity index (χ1n) is 6.77. The first-order chi connectivity index (χ1) is 10.1. The normalized spacial score (nSPS) is 12.3. The molecule has 106 valence electrons. The van der Waals surface area contributed by atoms with Gasteiger partial charge in [0.1, 0.15) is 11.5 Å². The predicted octanol–water partition coefficient (Wildman–Crippen LogP) is 5.45. The SMILES string of the molecule is CC(O)c1ccc(Oc2ccc3ccccc3c2)c(Br)c1. The number of rotatable bonds is 3. The van der Waals surface area contributed by atoms with Gasteiger partial charge in [0.2, 0.25) is 0 Å². The van der Waals surface area contributed by atoms with Crippen LogP contribution in [0, 0.1) is 0 Å². The van der Waals surface area contributed by atoms with Crippen molar-refractivity contribution in [3.8, 4) is 11.5 Å². The second-order valence-corrected chi connectivity index (χ2v) is 5.83. The molecule has 0 bridgehead atoms. The molecule has 0 spiro atoms. The van der Waals surface area contributed by atoms with Gasteiger partial charge in [0.25, 0.3) is 0 Å². The van der Waals surface area contributed by atoms with Crippen molar-refractivity contribution in [2.75, 3.05) is 0 Å². The summed E-state index contributed by atoms with van der Waals surface area (Å²) < 4.78 is 6.75. The van der Waals surface area contributed by atoms with E-state index in [1.807, 2.05) is 48.5 Å². The molecule has 1 N–H and O–H groups in total. The summed E-state index contributed by atoms with van der Waals surface area (Å²) in [4.78, 5) is 0. The lowest BCUT2D eigenvalue weighted by Gasteiger charge is -2.11. The Hall–Kier alpha value is -1.84. The quantitative estimate of drug-likeness (QED) is 0.685. The summed E-state index contributed by atoms with van der Waals surface area (Å²) in [6.07, 6.45) is -0.490. The molecule has 3 aromatic rings. The van der Waals surface area contributed by atoms with E-state index in [2.05, 4.69) is 28.1 Å². The molecule has 2 nitrogen and oxygen atoms in total. The molecule has 1 atom stereocenters. The summed E-state index contributed by atoms with van der Waals surface area (Å²) in [7, 11) is 0. The van der Waals surface area contributed by atoms with Crippen LogP contribution in [0.5, 0.6) is 11.5 Å². The second-order valence-electron chi connectivity index (χ2n) is 4.98. The summed E-state index contributed by atoms with van der Waals surface area (Å²) >= 11 is 3.49. The number of fused-ring (bicyclic) bond motifs is 1. The number of aliphatic hydroxyl groups is 1. The molecule has 0 fully saturated rings. The van der Waals surface area contributed by atoms with E-state index in [1.54, 1.807) is 6.92 Å². The van der Waals surface area contributed by atoms with E-state index in [-0.39, 0.29) is 0 Å². The van der Waals surface area contributed by atoms with Crippen LogP contribution in [-0.4, -0.2) is 5.11 Å². The third-order valence-electron chi connectivity index (χ3n) is 3.39. The van der Waals surface area contributed by atoms with E-state index in [0.717, 1.165) is 26.9 Å². The largest absolute Gasteiger partial charge is 0.456 e. The minimum Gasteiger partial charge on any atom is -0.456 e. The van der Waals surface area contributed by atoms with Gasteiger partial charge in [-0.3, -0.25) is 0 Å². The lowest BCUT2D eigenvalue weighted by atomic mass is 10.1. The van der Waals surface area contributed by atoms with Crippen molar-refractivity contribution in [1.29, 1.82) is 0 Å². The lowest BCUT2D eigenvalue weighted by molar-refractivity contribution is 0.199. The van der Waals surface area contributed by atoms with Gasteiger partial charge >= 0.3 is 0 Å². The Balaban J connectivity index is 1.91. The molecule has 3 aromatic carbocycles. The molecular formula is C18H15BrO2. The van der Waals surface area contributed by atoms with Gasteiger partial charge in [-0.25, -0.2) is 0 Å². The topological polar surface area (TPSA) is 29.5 Å². The summed E-state index contributed by atoms with van der Waals surface area (Å²) in [6, 6.07) is 19.8. The van der Waals surface area contributed by atoms with Crippen LogP contribution in [0.15, 0.2) is 65.1 Å². The van der Waals surface area contributed by atoms with Crippen LogP contribution >= 0.6 is 15.9 Å². The zero-order valence-corrected chi connectivity index (χ0v) is 13.2.